The molecule has 5 rings (SSSR count). The number of aryl methyl sites for hydroxylation is 1. The predicted molar refractivity (Wildman–Crippen MR) is 105 cm³/mol. The van der Waals surface area contributed by atoms with E-state index in [1.165, 1.54) is 0 Å². The van der Waals surface area contributed by atoms with Crippen molar-refractivity contribution in [1.82, 2.24) is 4.98 Å². The van der Waals surface area contributed by atoms with Crippen LogP contribution in [0.25, 0.3) is 10.9 Å². The number of Topliss-reactive ketones (excluding diaryl/α,β-unsaturated/α-hetero) is 2. The lowest BCUT2D eigenvalue weighted by molar-refractivity contribution is -0.117. The number of H-pyrrole nitrogens is 1. The van der Waals surface area contributed by atoms with E-state index in [-0.39, 0.29) is 17.1 Å². The molecule has 0 bridgehead atoms. The summed E-state index contributed by atoms with van der Waals surface area (Å²) in [6.07, 6.45) is 3.70. The molecule has 0 spiro atoms. The second kappa shape index (κ2) is 6.30. The molecule has 1 N–H and O–H groups in total. The third-order valence-corrected chi connectivity index (χ3v) is 5.98. The molecule has 0 saturated heterocycles. The molecule has 0 unspecified atom stereocenters. The van der Waals surface area contributed by atoms with Gasteiger partial charge in [0.1, 0.15) is 11.5 Å². The Morgan fingerprint density at radius 1 is 0.893 bits per heavy atom. The summed E-state index contributed by atoms with van der Waals surface area (Å²) in [5, 5.41) is 0.900. The second-order valence-corrected chi connectivity index (χ2v) is 7.91. The van der Waals surface area contributed by atoms with Gasteiger partial charge in [0.2, 0.25) is 0 Å². The van der Waals surface area contributed by atoms with Gasteiger partial charge in [-0.2, -0.15) is 0 Å². The summed E-state index contributed by atoms with van der Waals surface area (Å²) in [4.78, 5) is 41.6. The number of aromatic nitrogens is 1. The highest BCUT2D eigenvalue weighted by Gasteiger charge is 2.42. The number of nitrogens with one attached hydrogen (secondary N) is 1. The minimum Gasteiger partial charge on any atom is -0.465 e. The highest BCUT2D eigenvalue weighted by molar-refractivity contribution is 6.06. The average molecular weight is 375 g/mol. The minimum absolute atomic E-state index is 0.0140. The van der Waals surface area contributed by atoms with Crippen LogP contribution in [0.2, 0.25) is 0 Å². The lowest BCUT2D eigenvalue weighted by atomic mass is 9.73. The summed E-state index contributed by atoms with van der Waals surface area (Å²) < 4.78 is 6.04. The van der Waals surface area contributed by atoms with E-state index in [1.807, 2.05) is 31.2 Å². The Hall–Kier alpha value is -2.95. The summed E-state index contributed by atoms with van der Waals surface area (Å²) in [6, 6.07) is 7.68. The van der Waals surface area contributed by atoms with E-state index >= 15 is 0 Å². The lowest BCUT2D eigenvalue weighted by Crippen LogP contribution is -2.33. The van der Waals surface area contributed by atoms with Crippen LogP contribution >= 0.6 is 0 Å². The maximum absolute atomic E-state index is 13.0. The van der Waals surface area contributed by atoms with Gasteiger partial charge in [0.15, 0.2) is 11.6 Å². The standard InChI is InChI=1S/C23H21NO4/c1-12-8-9-15-13(10-12)11-14(23(27)24-15)20-21-16(25)4-2-6-18(21)28-19-7-3-5-17(26)22(19)20/h8-11,20H,2-7H2,1H3,(H,24,27). The van der Waals surface area contributed by atoms with E-state index in [1.54, 1.807) is 0 Å². The molecule has 2 heterocycles. The van der Waals surface area contributed by atoms with Crippen molar-refractivity contribution < 1.29 is 14.3 Å². The van der Waals surface area contributed by atoms with Crippen molar-refractivity contribution >= 4 is 22.5 Å². The van der Waals surface area contributed by atoms with Crippen LogP contribution in [0.3, 0.4) is 0 Å². The molecule has 5 heteroatoms. The second-order valence-electron chi connectivity index (χ2n) is 7.91. The first kappa shape index (κ1) is 17.2. The molecule has 0 fully saturated rings. The first-order chi connectivity index (χ1) is 13.5. The Balaban J connectivity index is 1.79. The topological polar surface area (TPSA) is 76.2 Å². The Labute approximate surface area is 162 Å². The van der Waals surface area contributed by atoms with E-state index in [0.717, 1.165) is 29.3 Å². The molecule has 2 aromatic rings. The molecular formula is C23H21NO4. The zero-order valence-corrected chi connectivity index (χ0v) is 15.8. The molecule has 3 aliphatic rings. The van der Waals surface area contributed by atoms with Crippen LogP contribution < -0.4 is 5.56 Å². The van der Waals surface area contributed by atoms with Crippen LogP contribution in [0, 0.1) is 6.92 Å². The first-order valence-electron chi connectivity index (χ1n) is 9.87. The number of pyridine rings is 1. The molecular weight excluding hydrogens is 354 g/mol. The number of ketones is 2. The number of hydrogen-bond acceptors (Lipinski definition) is 4. The molecule has 1 aromatic heterocycles. The van der Waals surface area contributed by atoms with Crippen molar-refractivity contribution in [2.45, 2.75) is 51.4 Å². The van der Waals surface area contributed by atoms with Gasteiger partial charge in [-0.25, -0.2) is 0 Å². The normalized spacial score (nSPS) is 20.3. The van der Waals surface area contributed by atoms with Gasteiger partial charge in [-0.1, -0.05) is 11.6 Å². The van der Waals surface area contributed by atoms with Gasteiger partial charge in [-0.3, -0.25) is 14.4 Å². The molecule has 0 saturated carbocycles. The number of hydrogen-bond donors (Lipinski definition) is 1. The summed E-state index contributed by atoms with van der Waals surface area (Å²) in [5.41, 5.74) is 3.07. The maximum Gasteiger partial charge on any atom is 0.252 e. The van der Waals surface area contributed by atoms with E-state index in [0.29, 0.717) is 53.9 Å². The van der Waals surface area contributed by atoms with Gasteiger partial charge in [0, 0.05) is 47.9 Å². The molecule has 5 nitrogen and oxygen atoms in total. The van der Waals surface area contributed by atoms with Gasteiger partial charge >= 0.3 is 0 Å². The number of aromatic amines is 1. The van der Waals surface area contributed by atoms with Crippen molar-refractivity contribution in [3.8, 4) is 0 Å². The fraction of sp³-hybridized carbons (Fsp3) is 0.348. The lowest BCUT2D eigenvalue weighted by Gasteiger charge is -2.35. The molecule has 0 amide bonds. The van der Waals surface area contributed by atoms with Gasteiger partial charge in [-0.05, 0) is 43.4 Å². The molecule has 28 heavy (non-hydrogen) atoms. The molecule has 1 aliphatic heterocycles. The Morgan fingerprint density at radius 2 is 1.54 bits per heavy atom. The van der Waals surface area contributed by atoms with E-state index in [9.17, 15) is 14.4 Å². The van der Waals surface area contributed by atoms with Crippen molar-refractivity contribution in [2.75, 3.05) is 0 Å². The first-order valence-corrected chi connectivity index (χ1v) is 9.87. The zero-order valence-electron chi connectivity index (χ0n) is 15.8. The van der Waals surface area contributed by atoms with Gasteiger partial charge < -0.3 is 9.72 Å². The number of ether oxygens (including phenoxy) is 1. The van der Waals surface area contributed by atoms with Crippen LogP contribution in [0.5, 0.6) is 0 Å². The van der Waals surface area contributed by atoms with Crippen LogP contribution in [0.15, 0.2) is 51.7 Å². The number of rotatable bonds is 1. The highest BCUT2D eigenvalue weighted by atomic mass is 16.5. The summed E-state index contributed by atoms with van der Waals surface area (Å²) in [6.45, 7) is 2.00. The zero-order chi connectivity index (χ0) is 19.4. The van der Waals surface area contributed by atoms with Crippen LogP contribution in [-0.4, -0.2) is 16.6 Å². The average Bonchev–Trinajstić information content (AvgIpc) is 2.67. The quantitative estimate of drug-likeness (QED) is 0.818. The SMILES string of the molecule is Cc1ccc2[nH]c(=O)c(C3C4=C(CCCC4=O)OC4=C3C(=O)CCC4)cc2c1. The number of fused-ring (bicyclic) bond motifs is 1. The summed E-state index contributed by atoms with van der Waals surface area (Å²) in [5.74, 6) is 0.657. The molecule has 0 radical (unpaired) electrons. The maximum atomic E-state index is 13.0. The van der Waals surface area contributed by atoms with Gasteiger partial charge in [0.05, 0.1) is 5.92 Å². The fourth-order valence-electron chi connectivity index (χ4n) is 4.69. The predicted octanol–water partition coefficient (Wildman–Crippen LogP) is 3.96. The van der Waals surface area contributed by atoms with Crippen molar-refractivity contribution in [3.05, 3.63) is 68.4 Å². The largest absolute Gasteiger partial charge is 0.465 e. The van der Waals surface area contributed by atoms with Crippen molar-refractivity contribution in [3.63, 3.8) is 0 Å². The highest BCUT2D eigenvalue weighted by Crippen LogP contribution is 2.47. The van der Waals surface area contributed by atoms with E-state index in [2.05, 4.69) is 4.98 Å². The Bertz CT molecular complexity index is 1120. The van der Waals surface area contributed by atoms with Crippen molar-refractivity contribution in [1.29, 1.82) is 0 Å². The molecule has 1 aromatic carbocycles. The number of carbonyl (C=O) groups is 2. The third-order valence-electron chi connectivity index (χ3n) is 5.98. The minimum atomic E-state index is -0.618. The fourth-order valence-corrected chi connectivity index (χ4v) is 4.69. The molecule has 2 aliphatic carbocycles. The Kier molecular flexibility index (Phi) is 3.86. The molecule has 0 atom stereocenters. The smallest absolute Gasteiger partial charge is 0.252 e. The van der Waals surface area contributed by atoms with Gasteiger partial charge in [0.25, 0.3) is 5.56 Å². The molecule has 142 valence electrons. The number of benzene rings is 1. The summed E-state index contributed by atoms with van der Waals surface area (Å²) >= 11 is 0. The Morgan fingerprint density at radius 3 is 2.18 bits per heavy atom. The van der Waals surface area contributed by atoms with Crippen LogP contribution in [-0.2, 0) is 14.3 Å². The van der Waals surface area contributed by atoms with Crippen molar-refractivity contribution in [2.24, 2.45) is 0 Å². The third kappa shape index (κ3) is 2.57. The summed E-state index contributed by atoms with van der Waals surface area (Å²) in [7, 11) is 0. The van der Waals surface area contributed by atoms with E-state index < -0.39 is 5.92 Å². The number of carbonyl (C=O) groups excluding carboxylic acids is 2. The number of allylic oxidation sites excluding steroid dienone is 4. The van der Waals surface area contributed by atoms with Gasteiger partial charge in [-0.15, -0.1) is 0 Å². The van der Waals surface area contributed by atoms with Crippen LogP contribution in [0.1, 0.15) is 55.6 Å². The van der Waals surface area contributed by atoms with E-state index in [4.69, 9.17) is 4.74 Å². The monoisotopic (exact) mass is 375 g/mol. The van der Waals surface area contributed by atoms with Crippen LogP contribution in [0.4, 0.5) is 0 Å².